The van der Waals surface area contributed by atoms with Crippen LogP contribution in [0.15, 0.2) is 18.2 Å². The number of ether oxygens (including phenoxy) is 1. The first-order chi connectivity index (χ1) is 10.7. The van der Waals surface area contributed by atoms with Crippen LogP contribution in [0.4, 0.5) is 0 Å². The van der Waals surface area contributed by atoms with Crippen molar-refractivity contribution < 1.29 is 9.53 Å². The zero-order valence-corrected chi connectivity index (χ0v) is 13.0. The standard InChI is InChI=1S/C15H17ClN4O2/c1-22-13-6-10(16)3-2-9(13)7-18-15(21)14-11-8-17-5-4-12(11)19-20-14/h2-3,6,17H,4-5,7-8H2,1H3,(H,18,21)(H,19,20). The predicted molar refractivity (Wildman–Crippen MR) is 83.2 cm³/mol. The van der Waals surface area contributed by atoms with Gasteiger partial charge in [0.05, 0.1) is 7.11 Å². The van der Waals surface area contributed by atoms with Crippen molar-refractivity contribution in [2.24, 2.45) is 0 Å². The number of carbonyl (C=O) groups excluding carboxylic acids is 1. The first-order valence-corrected chi connectivity index (χ1v) is 7.44. The molecule has 116 valence electrons. The molecule has 0 unspecified atom stereocenters. The minimum absolute atomic E-state index is 0.196. The Morgan fingerprint density at radius 3 is 3.18 bits per heavy atom. The van der Waals surface area contributed by atoms with Gasteiger partial charge in [0.2, 0.25) is 0 Å². The van der Waals surface area contributed by atoms with Gasteiger partial charge < -0.3 is 15.4 Å². The molecule has 0 aliphatic carbocycles. The number of amides is 1. The Balaban J connectivity index is 1.72. The maximum absolute atomic E-state index is 12.3. The molecule has 1 aromatic carbocycles. The molecule has 0 bridgehead atoms. The maximum Gasteiger partial charge on any atom is 0.272 e. The van der Waals surface area contributed by atoms with Crippen molar-refractivity contribution in [3.8, 4) is 5.75 Å². The molecule has 0 fully saturated rings. The highest BCUT2D eigenvalue weighted by Gasteiger charge is 2.21. The summed E-state index contributed by atoms with van der Waals surface area (Å²) in [5, 5.41) is 13.8. The third kappa shape index (κ3) is 2.93. The Hall–Kier alpha value is -2.05. The summed E-state index contributed by atoms with van der Waals surface area (Å²) in [6.07, 6.45) is 0.862. The molecule has 0 saturated heterocycles. The fourth-order valence-electron chi connectivity index (χ4n) is 2.54. The van der Waals surface area contributed by atoms with Gasteiger partial charge in [-0.3, -0.25) is 9.89 Å². The first-order valence-electron chi connectivity index (χ1n) is 7.06. The molecule has 22 heavy (non-hydrogen) atoms. The molecule has 0 saturated carbocycles. The van der Waals surface area contributed by atoms with Crippen LogP contribution in [-0.4, -0.2) is 29.8 Å². The molecular formula is C15H17ClN4O2. The number of nitrogens with zero attached hydrogens (tertiary/aromatic N) is 1. The van der Waals surface area contributed by atoms with Crippen LogP contribution in [0.25, 0.3) is 0 Å². The Kier molecular flexibility index (Phi) is 4.31. The van der Waals surface area contributed by atoms with Crippen LogP contribution in [0.1, 0.15) is 27.3 Å². The summed E-state index contributed by atoms with van der Waals surface area (Å²) in [7, 11) is 1.58. The SMILES string of the molecule is COc1cc(Cl)ccc1CNC(=O)c1n[nH]c2c1CNCC2. The molecule has 3 rings (SSSR count). The lowest BCUT2D eigenvalue weighted by molar-refractivity contribution is 0.0944. The molecule has 1 amide bonds. The Morgan fingerprint density at radius 1 is 1.50 bits per heavy atom. The quantitative estimate of drug-likeness (QED) is 0.800. The van der Waals surface area contributed by atoms with E-state index in [9.17, 15) is 4.79 Å². The van der Waals surface area contributed by atoms with Crippen LogP contribution >= 0.6 is 11.6 Å². The smallest absolute Gasteiger partial charge is 0.272 e. The summed E-state index contributed by atoms with van der Waals surface area (Å²) in [6, 6.07) is 5.33. The molecule has 0 atom stereocenters. The Morgan fingerprint density at radius 2 is 2.36 bits per heavy atom. The predicted octanol–water partition coefficient (Wildman–Crippen LogP) is 1.65. The molecule has 1 aromatic heterocycles. The van der Waals surface area contributed by atoms with Gasteiger partial charge in [-0.2, -0.15) is 5.10 Å². The summed E-state index contributed by atoms with van der Waals surface area (Å²) in [5.74, 6) is 0.455. The molecule has 2 heterocycles. The Bertz CT molecular complexity index is 699. The number of aromatic amines is 1. The van der Waals surface area contributed by atoms with Crippen LogP contribution in [-0.2, 0) is 19.5 Å². The minimum atomic E-state index is -0.196. The van der Waals surface area contributed by atoms with Crippen LogP contribution in [0.2, 0.25) is 5.02 Å². The number of rotatable bonds is 4. The third-order valence-electron chi connectivity index (χ3n) is 3.71. The molecule has 7 heteroatoms. The number of carbonyl (C=O) groups is 1. The van der Waals surface area contributed by atoms with E-state index in [1.54, 1.807) is 19.2 Å². The van der Waals surface area contributed by atoms with Gasteiger partial charge in [-0.1, -0.05) is 17.7 Å². The van der Waals surface area contributed by atoms with E-state index < -0.39 is 0 Å². The van der Waals surface area contributed by atoms with Crippen molar-refractivity contribution in [1.29, 1.82) is 0 Å². The Labute approximate surface area is 133 Å². The highest BCUT2D eigenvalue weighted by atomic mass is 35.5. The zero-order chi connectivity index (χ0) is 15.5. The van der Waals surface area contributed by atoms with Crippen molar-refractivity contribution in [2.75, 3.05) is 13.7 Å². The van der Waals surface area contributed by atoms with Crippen molar-refractivity contribution in [3.63, 3.8) is 0 Å². The number of methoxy groups -OCH3 is 1. The fourth-order valence-corrected chi connectivity index (χ4v) is 2.70. The maximum atomic E-state index is 12.3. The van der Waals surface area contributed by atoms with Crippen LogP contribution in [0, 0.1) is 0 Å². The average molecular weight is 321 g/mol. The molecule has 2 aromatic rings. The van der Waals surface area contributed by atoms with E-state index in [0.717, 1.165) is 29.8 Å². The molecular weight excluding hydrogens is 304 g/mol. The van der Waals surface area contributed by atoms with Crippen LogP contribution in [0.3, 0.4) is 0 Å². The second kappa shape index (κ2) is 6.37. The second-order valence-electron chi connectivity index (χ2n) is 5.09. The highest BCUT2D eigenvalue weighted by Crippen LogP contribution is 2.23. The number of nitrogens with one attached hydrogen (secondary N) is 3. The van der Waals surface area contributed by atoms with Gasteiger partial charge in [0, 0.05) is 47.9 Å². The normalized spacial score (nSPS) is 13.5. The number of H-pyrrole nitrogens is 1. The van der Waals surface area contributed by atoms with Gasteiger partial charge in [0.15, 0.2) is 5.69 Å². The molecule has 6 nitrogen and oxygen atoms in total. The number of halogens is 1. The number of benzene rings is 1. The summed E-state index contributed by atoms with van der Waals surface area (Å²) >= 11 is 5.93. The summed E-state index contributed by atoms with van der Waals surface area (Å²) < 4.78 is 5.27. The van der Waals surface area contributed by atoms with E-state index in [2.05, 4.69) is 20.8 Å². The minimum Gasteiger partial charge on any atom is -0.496 e. The van der Waals surface area contributed by atoms with E-state index in [4.69, 9.17) is 16.3 Å². The van der Waals surface area contributed by atoms with E-state index in [1.165, 1.54) is 0 Å². The van der Waals surface area contributed by atoms with E-state index in [1.807, 2.05) is 6.07 Å². The fraction of sp³-hybridized carbons (Fsp3) is 0.333. The summed E-state index contributed by atoms with van der Waals surface area (Å²) in [6.45, 7) is 1.92. The van der Waals surface area contributed by atoms with Crippen molar-refractivity contribution in [3.05, 3.63) is 45.7 Å². The van der Waals surface area contributed by atoms with Gasteiger partial charge in [-0.05, 0) is 12.1 Å². The lowest BCUT2D eigenvalue weighted by atomic mass is 10.1. The van der Waals surface area contributed by atoms with Gasteiger partial charge in [-0.15, -0.1) is 0 Å². The van der Waals surface area contributed by atoms with Gasteiger partial charge in [-0.25, -0.2) is 0 Å². The molecule has 3 N–H and O–H groups in total. The number of hydrogen-bond donors (Lipinski definition) is 3. The van der Waals surface area contributed by atoms with E-state index >= 15 is 0 Å². The first kappa shape index (κ1) is 14.9. The van der Waals surface area contributed by atoms with Gasteiger partial charge in [0.25, 0.3) is 5.91 Å². The molecule has 1 aliphatic rings. The van der Waals surface area contributed by atoms with E-state index in [0.29, 0.717) is 29.6 Å². The number of hydrogen-bond acceptors (Lipinski definition) is 4. The second-order valence-corrected chi connectivity index (χ2v) is 5.53. The van der Waals surface area contributed by atoms with Gasteiger partial charge >= 0.3 is 0 Å². The van der Waals surface area contributed by atoms with E-state index in [-0.39, 0.29) is 5.91 Å². The average Bonchev–Trinajstić information content (AvgIpc) is 2.97. The monoisotopic (exact) mass is 320 g/mol. The van der Waals surface area contributed by atoms with Crippen molar-refractivity contribution in [1.82, 2.24) is 20.8 Å². The lowest BCUT2D eigenvalue weighted by Gasteiger charge is -2.13. The van der Waals surface area contributed by atoms with Crippen molar-refractivity contribution >= 4 is 17.5 Å². The van der Waals surface area contributed by atoms with Crippen molar-refractivity contribution in [2.45, 2.75) is 19.5 Å². The lowest BCUT2D eigenvalue weighted by Crippen LogP contribution is -2.28. The van der Waals surface area contributed by atoms with Gasteiger partial charge in [0.1, 0.15) is 5.75 Å². The van der Waals surface area contributed by atoms with Crippen LogP contribution in [0.5, 0.6) is 5.75 Å². The largest absolute Gasteiger partial charge is 0.496 e. The number of aromatic nitrogens is 2. The van der Waals surface area contributed by atoms with Crippen LogP contribution < -0.4 is 15.4 Å². The zero-order valence-electron chi connectivity index (χ0n) is 12.2. The highest BCUT2D eigenvalue weighted by molar-refractivity contribution is 6.30. The molecule has 0 spiro atoms. The number of fused-ring (bicyclic) bond motifs is 1. The molecule has 0 radical (unpaired) electrons. The topological polar surface area (TPSA) is 79.0 Å². The molecule has 1 aliphatic heterocycles. The third-order valence-corrected chi connectivity index (χ3v) is 3.95. The summed E-state index contributed by atoms with van der Waals surface area (Å²) in [5.41, 5.74) is 3.30. The summed E-state index contributed by atoms with van der Waals surface area (Å²) in [4.78, 5) is 12.3.